The Bertz CT molecular complexity index is 1650. The van der Waals surface area contributed by atoms with Gasteiger partial charge in [-0.15, -0.1) is 0 Å². The minimum Gasteiger partial charge on any atom is -0.378 e. The lowest BCUT2D eigenvalue weighted by atomic mass is 10.1. The highest BCUT2D eigenvalue weighted by molar-refractivity contribution is 6.03. The minimum absolute atomic E-state index is 0.394. The molecule has 0 bridgehead atoms. The first-order chi connectivity index (χ1) is 17.8. The van der Waals surface area contributed by atoms with E-state index >= 15 is 0 Å². The largest absolute Gasteiger partial charge is 0.378 e. The molecule has 7 nitrogen and oxygen atoms in total. The molecule has 1 aliphatic heterocycles. The minimum atomic E-state index is 0.394. The molecule has 0 amide bonds. The average molecular weight is 471 g/mol. The number of nitriles is 1. The molecule has 6 rings (SSSR count). The van der Waals surface area contributed by atoms with Crippen LogP contribution in [0.2, 0.25) is 0 Å². The molecule has 36 heavy (non-hydrogen) atoms. The molecular formula is C29H22N6O. The van der Waals surface area contributed by atoms with Crippen molar-refractivity contribution >= 4 is 27.8 Å². The molecule has 0 spiro atoms. The molecule has 174 valence electrons. The molecule has 0 radical (unpaired) electrons. The summed E-state index contributed by atoms with van der Waals surface area (Å²) < 4.78 is 7.47. The summed E-state index contributed by atoms with van der Waals surface area (Å²) in [6, 6.07) is 20.2. The van der Waals surface area contributed by atoms with E-state index in [0.29, 0.717) is 6.42 Å². The van der Waals surface area contributed by atoms with E-state index in [1.807, 2.05) is 61.1 Å². The fourth-order valence-corrected chi connectivity index (χ4v) is 4.42. The van der Waals surface area contributed by atoms with Crippen LogP contribution < -0.4 is 4.90 Å². The normalized spacial score (nSPS) is 13.4. The third-order valence-electron chi connectivity index (χ3n) is 6.31. The van der Waals surface area contributed by atoms with Crippen molar-refractivity contribution in [3.63, 3.8) is 0 Å². The Morgan fingerprint density at radius 1 is 0.833 bits per heavy atom. The molecule has 0 atom stereocenters. The highest BCUT2D eigenvalue weighted by Gasteiger charge is 2.12. The van der Waals surface area contributed by atoms with E-state index in [1.165, 1.54) is 0 Å². The van der Waals surface area contributed by atoms with Gasteiger partial charge in [-0.3, -0.25) is 9.55 Å². The van der Waals surface area contributed by atoms with Crippen molar-refractivity contribution in [3.05, 3.63) is 90.0 Å². The van der Waals surface area contributed by atoms with Gasteiger partial charge in [-0.05, 0) is 48.0 Å². The molecule has 0 N–H and O–H groups in total. The van der Waals surface area contributed by atoms with Crippen LogP contribution in [-0.4, -0.2) is 45.8 Å². The van der Waals surface area contributed by atoms with E-state index in [4.69, 9.17) is 10.00 Å². The van der Waals surface area contributed by atoms with Crippen LogP contribution in [0.5, 0.6) is 0 Å². The van der Waals surface area contributed by atoms with E-state index in [2.05, 4.69) is 48.4 Å². The molecule has 4 heterocycles. The van der Waals surface area contributed by atoms with Crippen molar-refractivity contribution in [1.82, 2.24) is 19.5 Å². The molecule has 5 aromatic rings. The Kier molecular flexibility index (Phi) is 5.75. The summed E-state index contributed by atoms with van der Waals surface area (Å²) in [6.07, 6.45) is 5.82. The van der Waals surface area contributed by atoms with Crippen LogP contribution in [0.15, 0.2) is 73.3 Å². The molecular weight excluding hydrogens is 448 g/mol. The number of anilines is 1. The maximum absolute atomic E-state index is 8.95. The number of rotatable bonds is 3. The second kappa shape index (κ2) is 9.50. The lowest BCUT2D eigenvalue weighted by molar-refractivity contribution is 0.122. The average Bonchev–Trinajstić information content (AvgIpc) is 3.38. The van der Waals surface area contributed by atoms with Crippen molar-refractivity contribution in [3.8, 4) is 23.6 Å². The van der Waals surface area contributed by atoms with E-state index in [9.17, 15) is 0 Å². The lowest BCUT2D eigenvalue weighted by Crippen LogP contribution is -2.36. The van der Waals surface area contributed by atoms with Crippen molar-refractivity contribution < 1.29 is 4.74 Å². The van der Waals surface area contributed by atoms with Gasteiger partial charge in [0.1, 0.15) is 17.7 Å². The van der Waals surface area contributed by atoms with Gasteiger partial charge in [0.2, 0.25) is 0 Å². The molecule has 0 saturated carbocycles. The topological polar surface area (TPSA) is 79.9 Å². The third kappa shape index (κ3) is 4.24. The lowest BCUT2D eigenvalue weighted by Gasteiger charge is -2.27. The van der Waals surface area contributed by atoms with Crippen LogP contribution in [0.4, 0.5) is 5.82 Å². The molecule has 0 unspecified atom stereocenters. The number of hydrogen-bond acceptors (Lipinski definition) is 6. The molecule has 1 fully saturated rings. The smallest absolute Gasteiger partial charge is 0.128 e. The van der Waals surface area contributed by atoms with Gasteiger partial charge >= 0.3 is 0 Å². The van der Waals surface area contributed by atoms with Gasteiger partial charge in [0.15, 0.2) is 0 Å². The highest BCUT2D eigenvalue weighted by atomic mass is 16.5. The molecule has 1 saturated heterocycles. The first-order valence-corrected chi connectivity index (χ1v) is 11.8. The van der Waals surface area contributed by atoms with Gasteiger partial charge in [-0.1, -0.05) is 24.0 Å². The van der Waals surface area contributed by atoms with Crippen molar-refractivity contribution in [1.29, 1.82) is 5.26 Å². The van der Waals surface area contributed by atoms with Crippen LogP contribution >= 0.6 is 0 Å². The van der Waals surface area contributed by atoms with E-state index < -0.39 is 0 Å². The zero-order chi connectivity index (χ0) is 24.3. The maximum atomic E-state index is 8.95. The fraction of sp³-hybridized carbons (Fsp3) is 0.172. The summed E-state index contributed by atoms with van der Waals surface area (Å²) in [6.45, 7) is 3.19. The Morgan fingerprint density at radius 3 is 2.42 bits per heavy atom. The number of fused-ring (bicyclic) bond motifs is 3. The number of morpholine rings is 1. The van der Waals surface area contributed by atoms with E-state index in [0.717, 1.165) is 76.4 Å². The quantitative estimate of drug-likeness (QED) is 0.367. The van der Waals surface area contributed by atoms with Crippen LogP contribution in [0, 0.1) is 23.2 Å². The van der Waals surface area contributed by atoms with Gasteiger partial charge in [0, 0.05) is 41.5 Å². The number of aromatic nitrogens is 4. The summed E-state index contributed by atoms with van der Waals surface area (Å²) in [5.41, 5.74) is 6.41. The standard InChI is InChI=1S/C29H22N6O/c30-12-11-21-3-7-24(8-4-21)35-20-33-27-19-31-26-9-5-22(17-25(26)29(27)35)1-2-23-6-10-28(32-18-23)34-13-15-36-16-14-34/h3-10,17-20H,11,13-16H2. The summed E-state index contributed by atoms with van der Waals surface area (Å²) in [4.78, 5) is 16.0. The monoisotopic (exact) mass is 470 g/mol. The summed E-state index contributed by atoms with van der Waals surface area (Å²) in [5.74, 6) is 7.47. The number of ether oxygens (including phenoxy) is 1. The Balaban J connectivity index is 1.33. The number of imidazole rings is 1. The first kappa shape index (κ1) is 21.8. The molecule has 2 aromatic carbocycles. The van der Waals surface area contributed by atoms with Gasteiger partial charge in [0.05, 0.1) is 42.9 Å². The van der Waals surface area contributed by atoms with E-state index in [1.54, 1.807) is 6.20 Å². The molecule has 7 heteroatoms. The van der Waals surface area contributed by atoms with Crippen LogP contribution in [0.3, 0.4) is 0 Å². The first-order valence-electron chi connectivity index (χ1n) is 11.8. The van der Waals surface area contributed by atoms with Gasteiger partial charge < -0.3 is 9.64 Å². The van der Waals surface area contributed by atoms with E-state index in [-0.39, 0.29) is 0 Å². The van der Waals surface area contributed by atoms with Crippen molar-refractivity contribution in [2.24, 2.45) is 0 Å². The van der Waals surface area contributed by atoms with Gasteiger partial charge in [-0.2, -0.15) is 5.26 Å². The third-order valence-corrected chi connectivity index (χ3v) is 6.31. The predicted molar refractivity (Wildman–Crippen MR) is 139 cm³/mol. The summed E-state index contributed by atoms with van der Waals surface area (Å²) in [7, 11) is 0. The van der Waals surface area contributed by atoms with Gasteiger partial charge in [0.25, 0.3) is 0 Å². The number of pyridine rings is 2. The van der Waals surface area contributed by atoms with Crippen LogP contribution in [0.25, 0.3) is 27.6 Å². The van der Waals surface area contributed by atoms with Crippen LogP contribution in [-0.2, 0) is 11.2 Å². The molecule has 0 aliphatic carbocycles. The summed E-state index contributed by atoms with van der Waals surface area (Å²) >= 11 is 0. The Hall–Kier alpha value is -4.72. The van der Waals surface area contributed by atoms with Crippen molar-refractivity contribution in [2.75, 3.05) is 31.2 Å². The molecule has 3 aromatic heterocycles. The number of benzene rings is 2. The Morgan fingerprint density at radius 2 is 1.64 bits per heavy atom. The van der Waals surface area contributed by atoms with Gasteiger partial charge in [-0.25, -0.2) is 9.97 Å². The zero-order valence-corrected chi connectivity index (χ0v) is 19.6. The zero-order valence-electron chi connectivity index (χ0n) is 19.6. The number of nitrogens with zero attached hydrogens (tertiary/aromatic N) is 6. The number of hydrogen-bond donors (Lipinski definition) is 0. The van der Waals surface area contributed by atoms with Crippen LogP contribution in [0.1, 0.15) is 16.7 Å². The second-order valence-electron chi connectivity index (χ2n) is 8.59. The SMILES string of the molecule is N#CCc1ccc(-n2cnc3cnc4ccc(C#Cc5ccc(N6CCOCC6)nc5)cc4c32)cc1. The Labute approximate surface area is 208 Å². The maximum Gasteiger partial charge on any atom is 0.128 e. The molecule has 1 aliphatic rings. The van der Waals surface area contributed by atoms with Crippen molar-refractivity contribution in [2.45, 2.75) is 6.42 Å². The fourth-order valence-electron chi connectivity index (χ4n) is 4.42. The predicted octanol–water partition coefficient (Wildman–Crippen LogP) is 4.27. The second-order valence-corrected chi connectivity index (χ2v) is 8.59. The summed E-state index contributed by atoms with van der Waals surface area (Å²) in [5, 5.41) is 9.93. The highest BCUT2D eigenvalue weighted by Crippen LogP contribution is 2.26.